The number of aryl methyl sites for hydroxylation is 1. The van der Waals surface area contributed by atoms with E-state index in [1.807, 2.05) is 12.1 Å². The molecule has 0 aliphatic carbocycles. The van der Waals surface area contributed by atoms with E-state index in [1.165, 1.54) is 5.56 Å². The maximum atomic E-state index is 12.2. The van der Waals surface area contributed by atoms with E-state index in [4.69, 9.17) is 0 Å². The minimum atomic E-state index is 0.0404. The van der Waals surface area contributed by atoms with E-state index in [1.54, 1.807) is 0 Å². The van der Waals surface area contributed by atoms with Crippen molar-refractivity contribution in [2.24, 2.45) is 0 Å². The third-order valence-electron chi connectivity index (χ3n) is 3.92. The monoisotopic (exact) mass is 388 g/mol. The molecule has 0 spiro atoms. The van der Waals surface area contributed by atoms with E-state index in [0.717, 1.165) is 37.0 Å². The third kappa shape index (κ3) is 2.05. The van der Waals surface area contributed by atoms with Crippen molar-refractivity contribution >= 4 is 45.1 Å². The predicted molar refractivity (Wildman–Crippen MR) is 93.5 cm³/mol. The lowest BCUT2D eigenvalue weighted by Crippen LogP contribution is -2.12. The number of aromatic nitrogens is 1. The van der Waals surface area contributed by atoms with Crippen molar-refractivity contribution in [3.8, 4) is 11.3 Å². The zero-order valence-corrected chi connectivity index (χ0v) is 13.6. The molecule has 0 radical (unpaired) electrons. The highest BCUT2D eigenvalue weighted by Crippen LogP contribution is 2.38. The first kappa shape index (κ1) is 12.9. The van der Waals surface area contributed by atoms with E-state index < -0.39 is 0 Å². The molecule has 2 N–H and O–H groups in total. The van der Waals surface area contributed by atoms with E-state index in [-0.39, 0.29) is 5.91 Å². The minimum Gasteiger partial charge on any atom is -0.354 e. The molecule has 0 bridgehead atoms. The fourth-order valence-electron chi connectivity index (χ4n) is 2.96. The van der Waals surface area contributed by atoms with Crippen LogP contribution in [-0.4, -0.2) is 10.9 Å². The Balaban J connectivity index is 2.10. The van der Waals surface area contributed by atoms with Gasteiger partial charge in [0.2, 0.25) is 5.91 Å². The molecule has 2 heterocycles. The van der Waals surface area contributed by atoms with Crippen LogP contribution >= 0.6 is 22.6 Å². The van der Waals surface area contributed by atoms with Gasteiger partial charge in [0.15, 0.2) is 0 Å². The number of aromatic amines is 1. The summed E-state index contributed by atoms with van der Waals surface area (Å²) in [4.78, 5) is 15.7. The molecule has 0 atom stereocenters. The summed E-state index contributed by atoms with van der Waals surface area (Å²) in [5.41, 5.74) is 6.38. The van der Waals surface area contributed by atoms with Gasteiger partial charge < -0.3 is 10.3 Å². The van der Waals surface area contributed by atoms with Gasteiger partial charge in [0.1, 0.15) is 0 Å². The number of benzene rings is 2. The van der Waals surface area contributed by atoms with E-state index in [9.17, 15) is 4.79 Å². The summed E-state index contributed by atoms with van der Waals surface area (Å²) >= 11 is 2.30. The SMILES string of the molecule is Cc1ccc2[nH]c3c(c2c1)CC(=O)Nc1ccc(I)cc1-3. The van der Waals surface area contributed by atoms with Crippen molar-refractivity contribution in [3.05, 3.63) is 51.1 Å². The predicted octanol–water partition coefficient (Wildman–Crippen LogP) is 4.24. The van der Waals surface area contributed by atoms with Gasteiger partial charge >= 0.3 is 0 Å². The number of nitrogens with one attached hydrogen (secondary N) is 2. The number of carbonyl (C=O) groups is 1. The quantitative estimate of drug-likeness (QED) is 0.556. The van der Waals surface area contributed by atoms with Crippen LogP contribution in [0.15, 0.2) is 36.4 Å². The van der Waals surface area contributed by atoms with E-state index in [2.05, 4.69) is 64.1 Å². The summed E-state index contributed by atoms with van der Waals surface area (Å²) < 4.78 is 1.16. The molecule has 0 unspecified atom stereocenters. The second-order valence-corrected chi connectivity index (χ2v) is 6.69. The fraction of sp³-hybridized carbons (Fsp3) is 0.118. The van der Waals surface area contributed by atoms with Gasteiger partial charge in [-0.25, -0.2) is 0 Å². The Hall–Kier alpha value is -1.82. The van der Waals surface area contributed by atoms with Crippen molar-refractivity contribution in [1.82, 2.24) is 4.98 Å². The Labute approximate surface area is 135 Å². The Morgan fingerprint density at radius 1 is 1.14 bits per heavy atom. The number of hydrogen-bond donors (Lipinski definition) is 2. The molecule has 4 heteroatoms. The normalized spacial score (nSPS) is 13.5. The molecule has 4 rings (SSSR count). The maximum Gasteiger partial charge on any atom is 0.228 e. The Morgan fingerprint density at radius 2 is 2.00 bits per heavy atom. The summed E-state index contributed by atoms with van der Waals surface area (Å²) in [6.07, 6.45) is 0.407. The highest BCUT2D eigenvalue weighted by Gasteiger charge is 2.22. The van der Waals surface area contributed by atoms with Gasteiger partial charge in [-0.2, -0.15) is 0 Å². The van der Waals surface area contributed by atoms with Gasteiger partial charge in [0.05, 0.1) is 17.8 Å². The summed E-state index contributed by atoms with van der Waals surface area (Å²) in [7, 11) is 0. The number of fused-ring (bicyclic) bond motifs is 5. The first-order valence-corrected chi connectivity index (χ1v) is 7.91. The number of anilines is 1. The molecule has 3 aromatic rings. The van der Waals surface area contributed by atoms with Crippen LogP contribution in [0.1, 0.15) is 11.1 Å². The van der Waals surface area contributed by atoms with Gasteiger partial charge in [-0.05, 0) is 65.4 Å². The molecule has 3 nitrogen and oxygen atoms in total. The van der Waals surface area contributed by atoms with Crippen molar-refractivity contribution in [1.29, 1.82) is 0 Å². The van der Waals surface area contributed by atoms with Gasteiger partial charge in [-0.15, -0.1) is 0 Å². The zero-order valence-electron chi connectivity index (χ0n) is 11.5. The van der Waals surface area contributed by atoms with Crippen LogP contribution in [0.2, 0.25) is 0 Å². The van der Waals surface area contributed by atoms with Gasteiger partial charge in [-0.1, -0.05) is 11.6 Å². The number of halogens is 1. The highest BCUT2D eigenvalue weighted by atomic mass is 127. The van der Waals surface area contributed by atoms with Crippen LogP contribution < -0.4 is 5.32 Å². The molecule has 2 aromatic carbocycles. The molecule has 0 fully saturated rings. The fourth-order valence-corrected chi connectivity index (χ4v) is 3.45. The second kappa shape index (κ2) is 4.59. The van der Waals surface area contributed by atoms with E-state index >= 15 is 0 Å². The Morgan fingerprint density at radius 3 is 2.86 bits per heavy atom. The number of carbonyl (C=O) groups excluding carboxylic acids is 1. The largest absolute Gasteiger partial charge is 0.354 e. The van der Waals surface area contributed by atoms with Gasteiger partial charge in [0.25, 0.3) is 0 Å². The Bertz CT molecular complexity index is 895. The third-order valence-corrected chi connectivity index (χ3v) is 4.60. The highest BCUT2D eigenvalue weighted by molar-refractivity contribution is 14.1. The molecule has 1 aliphatic heterocycles. The number of rotatable bonds is 0. The van der Waals surface area contributed by atoms with Crippen LogP contribution in [0, 0.1) is 10.5 Å². The second-order valence-electron chi connectivity index (χ2n) is 5.44. The topological polar surface area (TPSA) is 44.9 Å². The van der Waals surface area contributed by atoms with Crippen LogP contribution in [0.25, 0.3) is 22.2 Å². The van der Waals surface area contributed by atoms with Crippen LogP contribution in [0.5, 0.6) is 0 Å². The molecule has 1 aliphatic rings. The summed E-state index contributed by atoms with van der Waals surface area (Å²) in [6.45, 7) is 2.08. The van der Waals surface area contributed by atoms with Crippen molar-refractivity contribution in [3.63, 3.8) is 0 Å². The van der Waals surface area contributed by atoms with Crippen molar-refractivity contribution in [2.75, 3.05) is 5.32 Å². The van der Waals surface area contributed by atoms with Crippen molar-refractivity contribution in [2.45, 2.75) is 13.3 Å². The molecule has 1 amide bonds. The summed E-state index contributed by atoms with van der Waals surface area (Å²) in [5.74, 6) is 0.0404. The van der Waals surface area contributed by atoms with Gasteiger partial charge in [0, 0.05) is 20.0 Å². The molecular formula is C17H13IN2O. The lowest BCUT2D eigenvalue weighted by atomic mass is 10.0. The smallest absolute Gasteiger partial charge is 0.228 e. The standard InChI is InChI=1S/C17H13IN2O/c1-9-2-4-14-11(6-9)12-8-16(21)19-15-5-3-10(18)7-13(15)17(12)20-14/h2-7,20H,8H2,1H3,(H,19,21). The number of amides is 1. The molecule has 0 saturated carbocycles. The molecular weight excluding hydrogens is 375 g/mol. The molecule has 0 saturated heterocycles. The summed E-state index contributed by atoms with van der Waals surface area (Å²) in [5, 5.41) is 4.14. The average Bonchev–Trinajstić information content (AvgIpc) is 2.72. The lowest BCUT2D eigenvalue weighted by molar-refractivity contribution is -0.115. The molecule has 21 heavy (non-hydrogen) atoms. The zero-order chi connectivity index (χ0) is 14.6. The molecule has 104 valence electrons. The first-order chi connectivity index (χ1) is 10.1. The number of H-pyrrole nitrogens is 1. The minimum absolute atomic E-state index is 0.0404. The lowest BCUT2D eigenvalue weighted by Gasteiger charge is -2.07. The maximum absolute atomic E-state index is 12.2. The van der Waals surface area contributed by atoms with E-state index in [0.29, 0.717) is 6.42 Å². The molecule has 1 aromatic heterocycles. The van der Waals surface area contributed by atoms with Crippen LogP contribution in [0.4, 0.5) is 5.69 Å². The van der Waals surface area contributed by atoms with Gasteiger partial charge in [-0.3, -0.25) is 4.79 Å². The van der Waals surface area contributed by atoms with Crippen LogP contribution in [-0.2, 0) is 11.2 Å². The first-order valence-electron chi connectivity index (χ1n) is 6.83. The van der Waals surface area contributed by atoms with Crippen molar-refractivity contribution < 1.29 is 4.79 Å². The average molecular weight is 388 g/mol. The summed E-state index contributed by atoms with van der Waals surface area (Å²) in [6, 6.07) is 12.4. The Kier molecular flexibility index (Phi) is 2.82. The number of hydrogen-bond acceptors (Lipinski definition) is 1. The van der Waals surface area contributed by atoms with Crippen LogP contribution in [0.3, 0.4) is 0 Å².